The van der Waals surface area contributed by atoms with E-state index in [1.54, 1.807) is 24.3 Å². The normalized spacial score (nSPS) is 12.2. The van der Waals surface area contributed by atoms with Gasteiger partial charge in [0, 0.05) is 12.3 Å². The van der Waals surface area contributed by atoms with Crippen LogP contribution in [-0.4, -0.2) is 21.8 Å². The quantitative estimate of drug-likeness (QED) is 0.679. The molecule has 1 heterocycles. The van der Waals surface area contributed by atoms with Gasteiger partial charge in [-0.05, 0) is 30.3 Å². The lowest BCUT2D eigenvalue weighted by molar-refractivity contribution is -0.137. The minimum atomic E-state index is -4.47. The van der Waals surface area contributed by atoms with Crippen LogP contribution in [-0.2, 0) is 6.18 Å². The van der Waals surface area contributed by atoms with Crippen molar-refractivity contribution in [3.63, 3.8) is 0 Å². The summed E-state index contributed by atoms with van der Waals surface area (Å²) >= 11 is 0. The minimum absolute atomic E-state index is 0.0644. The van der Waals surface area contributed by atoms with Crippen LogP contribution in [0.2, 0.25) is 0 Å². The van der Waals surface area contributed by atoms with Gasteiger partial charge in [-0.15, -0.1) is 0 Å². The Labute approximate surface area is 140 Å². The maximum atomic E-state index is 12.8. The largest absolute Gasteiger partial charge is 0.505 e. The molecule has 0 unspecified atom stereocenters. The Bertz CT molecular complexity index is 988. The number of rotatable bonds is 2. The van der Waals surface area contributed by atoms with Crippen molar-refractivity contribution in [3.8, 4) is 5.75 Å². The summed E-state index contributed by atoms with van der Waals surface area (Å²) in [6.07, 6.45) is -3.28. The first kappa shape index (κ1) is 16.8. The maximum Gasteiger partial charge on any atom is 0.416 e. The van der Waals surface area contributed by atoms with Gasteiger partial charge in [-0.3, -0.25) is 14.4 Å². The summed E-state index contributed by atoms with van der Waals surface area (Å²) in [6, 6.07) is 11.2. The zero-order chi connectivity index (χ0) is 18.2. The number of aromatic hydroxyl groups is 1. The molecule has 0 aliphatic rings. The molecule has 0 bridgehead atoms. The topological polar surface area (TPSA) is 54.6 Å². The molecule has 7 heteroatoms. The molecule has 0 spiro atoms. The first-order valence-corrected chi connectivity index (χ1v) is 7.33. The first-order chi connectivity index (χ1) is 11.8. The predicted molar refractivity (Wildman–Crippen MR) is 88.6 cm³/mol. The van der Waals surface area contributed by atoms with Crippen LogP contribution in [0.15, 0.2) is 53.5 Å². The molecular formula is C18H13F3N2O2. The molecule has 4 nitrogen and oxygen atoms in total. The number of carbonyl (C=O) groups is 1. The Balaban J connectivity index is 2.09. The molecule has 0 aliphatic carbocycles. The Morgan fingerprint density at radius 1 is 1.16 bits per heavy atom. The van der Waals surface area contributed by atoms with Crippen molar-refractivity contribution in [1.29, 1.82) is 0 Å². The molecule has 0 aliphatic heterocycles. The minimum Gasteiger partial charge on any atom is -0.505 e. The lowest BCUT2D eigenvalue weighted by atomic mass is 10.2. The molecule has 0 saturated carbocycles. The second-order valence-electron chi connectivity index (χ2n) is 5.41. The highest BCUT2D eigenvalue weighted by Gasteiger charge is 2.30. The number of hydrogen-bond donors (Lipinski definition) is 1. The Kier molecular flexibility index (Phi) is 4.08. The van der Waals surface area contributed by atoms with Gasteiger partial charge in [-0.25, -0.2) is 0 Å². The number of aliphatic imine (C=N–C) groups is 1. The van der Waals surface area contributed by atoms with E-state index >= 15 is 0 Å². The fourth-order valence-electron chi connectivity index (χ4n) is 2.60. The highest BCUT2D eigenvalue weighted by molar-refractivity contribution is 6.04. The Hall–Kier alpha value is -3.09. The average Bonchev–Trinajstić information content (AvgIpc) is 2.85. The number of hydrogen-bond acceptors (Lipinski definition) is 3. The number of aromatic nitrogens is 1. The monoisotopic (exact) mass is 346 g/mol. The van der Waals surface area contributed by atoms with Crippen molar-refractivity contribution in [2.45, 2.75) is 13.1 Å². The summed E-state index contributed by atoms with van der Waals surface area (Å²) in [7, 11) is 0. The fraction of sp³-hybridized carbons (Fsp3) is 0.111. The van der Waals surface area contributed by atoms with Crippen molar-refractivity contribution >= 4 is 28.7 Å². The van der Waals surface area contributed by atoms with Gasteiger partial charge < -0.3 is 5.11 Å². The van der Waals surface area contributed by atoms with E-state index in [2.05, 4.69) is 4.99 Å². The van der Waals surface area contributed by atoms with E-state index < -0.39 is 11.7 Å². The Morgan fingerprint density at radius 2 is 1.88 bits per heavy atom. The molecule has 0 saturated heterocycles. The van der Waals surface area contributed by atoms with E-state index in [0.717, 1.165) is 12.1 Å². The predicted octanol–water partition coefficient (Wildman–Crippen LogP) is 4.78. The van der Waals surface area contributed by atoms with Crippen molar-refractivity contribution in [3.05, 3.63) is 59.8 Å². The van der Waals surface area contributed by atoms with E-state index in [1.165, 1.54) is 29.8 Å². The highest BCUT2D eigenvalue weighted by Crippen LogP contribution is 2.33. The van der Waals surface area contributed by atoms with E-state index in [1.807, 2.05) is 0 Å². The van der Waals surface area contributed by atoms with Gasteiger partial charge in [0.25, 0.3) is 0 Å². The second-order valence-corrected chi connectivity index (χ2v) is 5.41. The second kappa shape index (κ2) is 6.08. The van der Waals surface area contributed by atoms with Crippen LogP contribution < -0.4 is 0 Å². The molecule has 0 fully saturated rings. The maximum absolute atomic E-state index is 12.8. The number of fused-ring (bicyclic) bond motifs is 1. The standard InChI is InChI=1S/C18H13F3N2O2/c1-11(24)23-15-8-3-2-7-14(15)17(25)16(23)10-22-13-6-4-5-12(9-13)18(19,20)21/h2-10,25H,1H3. The summed E-state index contributed by atoms with van der Waals surface area (Å²) in [4.78, 5) is 15.9. The van der Waals surface area contributed by atoms with Crippen molar-refractivity contribution in [1.82, 2.24) is 4.57 Å². The number of benzene rings is 2. The summed E-state index contributed by atoms with van der Waals surface area (Å²) in [5, 5.41) is 10.8. The van der Waals surface area contributed by atoms with Crippen LogP contribution in [0.25, 0.3) is 10.9 Å². The van der Waals surface area contributed by atoms with Gasteiger partial charge in [0.15, 0.2) is 5.75 Å². The lowest BCUT2D eigenvalue weighted by Gasteiger charge is -2.06. The molecule has 3 rings (SSSR count). The van der Waals surface area contributed by atoms with E-state index in [4.69, 9.17) is 0 Å². The van der Waals surface area contributed by atoms with Gasteiger partial charge in [0.1, 0.15) is 5.69 Å². The number of halogens is 3. The zero-order valence-corrected chi connectivity index (χ0v) is 13.1. The van der Waals surface area contributed by atoms with Gasteiger partial charge in [-0.1, -0.05) is 18.2 Å². The van der Waals surface area contributed by atoms with Crippen LogP contribution in [0.5, 0.6) is 5.75 Å². The molecule has 128 valence electrons. The molecule has 1 N–H and O–H groups in total. The smallest absolute Gasteiger partial charge is 0.416 e. The fourth-order valence-corrected chi connectivity index (χ4v) is 2.60. The third kappa shape index (κ3) is 3.13. The van der Waals surface area contributed by atoms with Gasteiger partial charge >= 0.3 is 6.18 Å². The highest BCUT2D eigenvalue weighted by atomic mass is 19.4. The van der Waals surface area contributed by atoms with Gasteiger partial charge in [0.2, 0.25) is 5.91 Å². The molecule has 0 atom stereocenters. The van der Waals surface area contributed by atoms with Crippen LogP contribution in [0, 0.1) is 0 Å². The van der Waals surface area contributed by atoms with E-state index in [0.29, 0.717) is 10.9 Å². The average molecular weight is 346 g/mol. The molecular weight excluding hydrogens is 333 g/mol. The number of alkyl halides is 3. The van der Waals surface area contributed by atoms with Crippen LogP contribution in [0.4, 0.5) is 18.9 Å². The molecule has 25 heavy (non-hydrogen) atoms. The number of carbonyl (C=O) groups excluding carboxylic acids is 1. The van der Waals surface area contributed by atoms with Crippen molar-refractivity contribution < 1.29 is 23.1 Å². The summed E-state index contributed by atoms with van der Waals surface area (Å²) in [5.74, 6) is -0.497. The lowest BCUT2D eigenvalue weighted by Crippen LogP contribution is -2.09. The third-order valence-electron chi connectivity index (χ3n) is 3.71. The van der Waals surface area contributed by atoms with Crippen LogP contribution in [0.3, 0.4) is 0 Å². The van der Waals surface area contributed by atoms with Crippen molar-refractivity contribution in [2.75, 3.05) is 0 Å². The zero-order valence-electron chi connectivity index (χ0n) is 13.1. The molecule has 0 amide bonds. The number of nitrogens with zero attached hydrogens (tertiary/aromatic N) is 2. The summed E-state index contributed by atoms with van der Waals surface area (Å²) < 4.78 is 39.6. The molecule has 2 aromatic carbocycles. The van der Waals surface area contributed by atoms with E-state index in [-0.39, 0.29) is 23.0 Å². The summed E-state index contributed by atoms with van der Waals surface area (Å²) in [6.45, 7) is 1.33. The van der Waals surface area contributed by atoms with Crippen molar-refractivity contribution in [2.24, 2.45) is 4.99 Å². The molecule has 0 radical (unpaired) electrons. The van der Waals surface area contributed by atoms with E-state index in [9.17, 15) is 23.1 Å². The van der Waals surface area contributed by atoms with Gasteiger partial charge in [0.05, 0.1) is 23.0 Å². The van der Waals surface area contributed by atoms with Crippen LogP contribution >= 0.6 is 0 Å². The Morgan fingerprint density at radius 3 is 2.56 bits per heavy atom. The first-order valence-electron chi connectivity index (χ1n) is 7.33. The SMILES string of the molecule is CC(=O)n1c(C=Nc2cccc(C(F)(F)F)c2)c(O)c2ccccc21. The number of para-hydroxylation sites is 1. The molecule has 3 aromatic rings. The van der Waals surface area contributed by atoms with Crippen LogP contribution in [0.1, 0.15) is 23.0 Å². The van der Waals surface area contributed by atoms with Gasteiger partial charge in [-0.2, -0.15) is 13.2 Å². The molecule has 1 aromatic heterocycles. The summed E-state index contributed by atoms with van der Waals surface area (Å²) in [5.41, 5.74) is -0.142. The third-order valence-corrected chi connectivity index (χ3v) is 3.71.